The van der Waals surface area contributed by atoms with Crippen molar-refractivity contribution >= 4 is 5.78 Å². The molecule has 0 fully saturated rings. The summed E-state index contributed by atoms with van der Waals surface area (Å²) in [7, 11) is 1.93. The topological polar surface area (TPSA) is 55.1 Å². The van der Waals surface area contributed by atoms with E-state index in [1.54, 1.807) is 0 Å². The van der Waals surface area contributed by atoms with E-state index < -0.39 is 0 Å². The Morgan fingerprint density at radius 2 is 2.13 bits per heavy atom. The minimum Gasteiger partial charge on any atom is -0.319 e. The lowest BCUT2D eigenvalue weighted by atomic mass is 10.3. The molecule has 2 aromatic rings. The van der Waals surface area contributed by atoms with E-state index in [-0.39, 0.29) is 0 Å². The molecule has 2 aromatic heterocycles. The molecule has 1 N–H and O–H groups in total. The highest BCUT2D eigenvalue weighted by Gasteiger charge is 2.06. The van der Waals surface area contributed by atoms with Crippen LogP contribution in [0, 0.1) is 13.8 Å². The molecule has 0 spiro atoms. The first-order chi connectivity index (χ1) is 7.22. The third kappa shape index (κ3) is 1.83. The van der Waals surface area contributed by atoms with E-state index >= 15 is 0 Å². The number of rotatable bonds is 3. The van der Waals surface area contributed by atoms with Crippen LogP contribution in [-0.2, 0) is 6.42 Å². The number of nitrogens with zero attached hydrogens (tertiary/aromatic N) is 4. The molecule has 0 aliphatic heterocycles. The second-order valence-corrected chi connectivity index (χ2v) is 3.60. The number of likely N-dealkylation sites (N-methyl/N-ethyl adjacent to an activating group) is 1. The molecule has 0 aliphatic carbocycles. The van der Waals surface area contributed by atoms with Gasteiger partial charge in [-0.15, -0.1) is 0 Å². The zero-order chi connectivity index (χ0) is 10.8. The van der Waals surface area contributed by atoms with Gasteiger partial charge in [0.1, 0.15) is 0 Å². The normalized spacial score (nSPS) is 11.1. The molecule has 0 radical (unpaired) electrons. The molecule has 2 rings (SSSR count). The summed E-state index contributed by atoms with van der Waals surface area (Å²) in [6.45, 7) is 4.83. The number of hydrogen-bond acceptors (Lipinski definition) is 4. The van der Waals surface area contributed by atoms with Gasteiger partial charge in [-0.3, -0.25) is 0 Å². The van der Waals surface area contributed by atoms with Crippen molar-refractivity contribution in [3.8, 4) is 0 Å². The van der Waals surface area contributed by atoms with Gasteiger partial charge in [-0.05, 0) is 20.9 Å². The van der Waals surface area contributed by atoms with Gasteiger partial charge in [0.15, 0.2) is 0 Å². The van der Waals surface area contributed by atoms with E-state index in [1.165, 1.54) is 0 Å². The van der Waals surface area contributed by atoms with E-state index in [9.17, 15) is 0 Å². The van der Waals surface area contributed by atoms with Crippen LogP contribution < -0.4 is 5.32 Å². The fraction of sp³-hybridized carbons (Fsp3) is 0.500. The van der Waals surface area contributed by atoms with E-state index in [4.69, 9.17) is 0 Å². The van der Waals surface area contributed by atoms with Crippen molar-refractivity contribution in [3.05, 3.63) is 23.3 Å². The average Bonchev–Trinajstić information content (AvgIpc) is 2.59. The highest BCUT2D eigenvalue weighted by molar-refractivity contribution is 5.31. The molecule has 5 nitrogen and oxygen atoms in total. The van der Waals surface area contributed by atoms with Gasteiger partial charge >= 0.3 is 0 Å². The molecule has 0 unspecified atom stereocenters. The van der Waals surface area contributed by atoms with Gasteiger partial charge in [0, 0.05) is 13.0 Å². The minimum absolute atomic E-state index is 0.684. The van der Waals surface area contributed by atoms with Crippen LogP contribution in [0.4, 0.5) is 0 Å². The van der Waals surface area contributed by atoms with Crippen LogP contribution >= 0.6 is 0 Å². The monoisotopic (exact) mass is 205 g/mol. The molecule has 0 saturated carbocycles. The highest BCUT2D eigenvalue weighted by atomic mass is 15.3. The summed E-state index contributed by atoms with van der Waals surface area (Å²) in [6, 6.07) is 0. The Kier molecular flexibility index (Phi) is 2.64. The Morgan fingerprint density at radius 1 is 1.33 bits per heavy atom. The molecule has 0 atom stereocenters. The zero-order valence-electron chi connectivity index (χ0n) is 9.28. The third-order valence-electron chi connectivity index (χ3n) is 2.46. The summed E-state index contributed by atoms with van der Waals surface area (Å²) in [4.78, 5) is 8.61. The average molecular weight is 205 g/mol. The molecule has 0 saturated heterocycles. The lowest BCUT2D eigenvalue weighted by Crippen LogP contribution is -2.12. The molecule has 2 heterocycles. The molecule has 0 amide bonds. The van der Waals surface area contributed by atoms with Crippen molar-refractivity contribution < 1.29 is 0 Å². The summed E-state index contributed by atoms with van der Waals surface area (Å²) < 4.78 is 1.82. The molecule has 5 heteroatoms. The summed E-state index contributed by atoms with van der Waals surface area (Å²) in [5, 5.41) is 7.56. The lowest BCUT2D eigenvalue weighted by molar-refractivity contribution is 0.735. The molecular formula is C10H15N5. The fourth-order valence-corrected chi connectivity index (χ4v) is 1.43. The van der Waals surface area contributed by atoms with Crippen LogP contribution in [0.3, 0.4) is 0 Å². The van der Waals surface area contributed by atoms with Gasteiger partial charge in [-0.25, -0.2) is 14.5 Å². The van der Waals surface area contributed by atoms with Gasteiger partial charge in [-0.2, -0.15) is 5.10 Å². The molecule has 0 bridgehead atoms. The Balaban J connectivity index is 2.45. The largest absolute Gasteiger partial charge is 0.319 e. The van der Waals surface area contributed by atoms with Crippen molar-refractivity contribution in [3.63, 3.8) is 0 Å². The highest BCUT2D eigenvalue weighted by Crippen LogP contribution is 2.06. The number of hydrogen-bond donors (Lipinski definition) is 1. The Bertz CT molecular complexity index is 474. The van der Waals surface area contributed by atoms with Crippen molar-refractivity contribution in [2.75, 3.05) is 13.6 Å². The first-order valence-corrected chi connectivity index (χ1v) is 5.05. The van der Waals surface area contributed by atoms with Gasteiger partial charge in [0.2, 0.25) is 0 Å². The third-order valence-corrected chi connectivity index (χ3v) is 2.46. The number of aryl methyl sites for hydroxylation is 2. The van der Waals surface area contributed by atoms with Gasteiger partial charge < -0.3 is 5.32 Å². The summed E-state index contributed by atoms with van der Waals surface area (Å²) in [5.41, 5.74) is 2.98. The van der Waals surface area contributed by atoms with Crippen LogP contribution in [0.2, 0.25) is 0 Å². The maximum absolute atomic E-state index is 4.45. The Morgan fingerprint density at radius 3 is 2.87 bits per heavy atom. The van der Waals surface area contributed by atoms with Gasteiger partial charge in [0.25, 0.3) is 5.78 Å². The molecule has 15 heavy (non-hydrogen) atoms. The van der Waals surface area contributed by atoms with Crippen molar-refractivity contribution in [2.24, 2.45) is 0 Å². The molecule has 0 aromatic carbocycles. The fourth-order valence-electron chi connectivity index (χ4n) is 1.43. The predicted molar refractivity (Wildman–Crippen MR) is 57.9 cm³/mol. The second-order valence-electron chi connectivity index (χ2n) is 3.60. The predicted octanol–water partition coefficient (Wildman–Crippen LogP) is 0.503. The van der Waals surface area contributed by atoms with Crippen LogP contribution in [0.1, 0.15) is 17.1 Å². The van der Waals surface area contributed by atoms with Crippen LogP contribution in [0.5, 0.6) is 0 Å². The van der Waals surface area contributed by atoms with E-state index in [2.05, 4.69) is 20.4 Å². The maximum atomic E-state index is 4.45. The first kappa shape index (κ1) is 10.0. The molecule has 80 valence electrons. The van der Waals surface area contributed by atoms with E-state index in [0.717, 1.165) is 30.0 Å². The summed E-state index contributed by atoms with van der Waals surface area (Å²) in [6.07, 6.45) is 2.75. The SMILES string of the molecule is CNCCc1cnc2nc(C)c(C)nn12. The number of imidazole rings is 1. The summed E-state index contributed by atoms with van der Waals surface area (Å²) in [5.74, 6) is 0.684. The first-order valence-electron chi connectivity index (χ1n) is 5.05. The van der Waals surface area contributed by atoms with Crippen LogP contribution in [-0.4, -0.2) is 33.2 Å². The number of aromatic nitrogens is 4. The maximum Gasteiger partial charge on any atom is 0.251 e. The standard InChI is InChI=1S/C10H15N5/c1-7-8(2)14-15-9(4-5-11-3)6-12-10(15)13-7/h6,11H,4-5H2,1-3H3. The zero-order valence-corrected chi connectivity index (χ0v) is 9.28. The van der Waals surface area contributed by atoms with E-state index in [1.807, 2.05) is 31.6 Å². The van der Waals surface area contributed by atoms with Gasteiger partial charge in [0.05, 0.1) is 23.3 Å². The van der Waals surface area contributed by atoms with Crippen LogP contribution in [0.25, 0.3) is 5.78 Å². The molecule has 0 aliphatic rings. The number of nitrogens with one attached hydrogen (secondary N) is 1. The Labute approximate surface area is 88.6 Å². The van der Waals surface area contributed by atoms with Crippen molar-refractivity contribution in [1.29, 1.82) is 0 Å². The second kappa shape index (κ2) is 3.94. The quantitative estimate of drug-likeness (QED) is 0.793. The smallest absolute Gasteiger partial charge is 0.251 e. The molecular weight excluding hydrogens is 190 g/mol. The van der Waals surface area contributed by atoms with Crippen molar-refractivity contribution in [1.82, 2.24) is 24.9 Å². The van der Waals surface area contributed by atoms with Crippen LogP contribution in [0.15, 0.2) is 6.20 Å². The minimum atomic E-state index is 0.684. The van der Waals surface area contributed by atoms with Crippen molar-refractivity contribution in [2.45, 2.75) is 20.3 Å². The van der Waals surface area contributed by atoms with E-state index in [0.29, 0.717) is 5.78 Å². The van der Waals surface area contributed by atoms with Gasteiger partial charge in [-0.1, -0.05) is 0 Å². The Hall–Kier alpha value is -1.49. The lowest BCUT2D eigenvalue weighted by Gasteiger charge is -2.02. The number of fused-ring (bicyclic) bond motifs is 1. The summed E-state index contributed by atoms with van der Waals surface area (Å²) >= 11 is 0.